The summed E-state index contributed by atoms with van der Waals surface area (Å²) >= 11 is 0. The van der Waals surface area contributed by atoms with E-state index < -0.39 is 0 Å². The monoisotopic (exact) mass is 451 g/mol. The second-order valence-corrected chi connectivity index (χ2v) is 9.85. The minimum atomic E-state index is -0.326. The fraction of sp³-hybridized carbons (Fsp3) is 0.583. The average Bonchev–Trinajstić information content (AvgIpc) is 3.49. The van der Waals surface area contributed by atoms with Crippen molar-refractivity contribution >= 4 is 10.9 Å². The van der Waals surface area contributed by atoms with Gasteiger partial charge in [-0.3, -0.25) is 14.6 Å². The van der Waals surface area contributed by atoms with Gasteiger partial charge in [0.15, 0.2) is 5.82 Å². The van der Waals surface area contributed by atoms with Crippen molar-refractivity contribution in [3.63, 3.8) is 0 Å². The molecule has 9 heteroatoms. The molecular formula is C24H33N7O2. The van der Waals surface area contributed by atoms with E-state index in [0.29, 0.717) is 11.6 Å². The van der Waals surface area contributed by atoms with Crippen molar-refractivity contribution in [2.45, 2.75) is 57.7 Å². The lowest BCUT2D eigenvalue weighted by atomic mass is 9.98. The number of methoxy groups -OCH3 is 1. The van der Waals surface area contributed by atoms with Gasteiger partial charge in [-0.1, -0.05) is 6.92 Å². The van der Waals surface area contributed by atoms with Gasteiger partial charge in [-0.15, -0.1) is 5.10 Å². The molecule has 5 rings (SSSR count). The Morgan fingerprint density at radius 2 is 2.09 bits per heavy atom. The third kappa shape index (κ3) is 3.93. The van der Waals surface area contributed by atoms with Gasteiger partial charge in [-0.25, -0.2) is 4.68 Å². The number of nitrogens with zero attached hydrogens (tertiary/aromatic N) is 6. The van der Waals surface area contributed by atoms with Gasteiger partial charge in [0, 0.05) is 42.1 Å². The number of pyridine rings is 1. The highest BCUT2D eigenvalue weighted by Gasteiger charge is 2.39. The number of hydrogen-bond acceptors (Lipinski definition) is 7. The molecule has 176 valence electrons. The zero-order valence-electron chi connectivity index (χ0n) is 19.9. The van der Waals surface area contributed by atoms with Gasteiger partial charge in [0.05, 0.1) is 12.6 Å². The predicted molar refractivity (Wildman–Crippen MR) is 127 cm³/mol. The summed E-state index contributed by atoms with van der Waals surface area (Å²) < 4.78 is 7.33. The molecule has 2 saturated heterocycles. The number of nitrogens with one attached hydrogen (secondary N) is 1. The summed E-state index contributed by atoms with van der Waals surface area (Å²) in [5.41, 5.74) is 1.09. The molecule has 0 spiro atoms. The molecule has 0 aliphatic carbocycles. The number of H-pyrrole nitrogens is 1. The van der Waals surface area contributed by atoms with Crippen molar-refractivity contribution in [2.75, 3.05) is 33.3 Å². The van der Waals surface area contributed by atoms with Crippen LogP contribution in [0.5, 0.6) is 5.75 Å². The first-order valence-corrected chi connectivity index (χ1v) is 11.9. The molecular weight excluding hydrogens is 418 g/mol. The Morgan fingerprint density at radius 3 is 2.88 bits per heavy atom. The standard InChI is InChI=1S/C24H33N7O2/c1-5-24(2,3)31-22(26-27-28-31)21(30-12-11-29-10-6-7-17(29)15-30)19-14-16-13-18(33-4)8-9-20(16)25-23(19)32/h8-9,13-14,17,21H,5-7,10-12,15H2,1-4H3,(H,25,32). The number of benzene rings is 1. The van der Waals surface area contributed by atoms with Crippen molar-refractivity contribution in [3.8, 4) is 5.75 Å². The van der Waals surface area contributed by atoms with Crippen molar-refractivity contribution in [1.29, 1.82) is 0 Å². The van der Waals surface area contributed by atoms with Crippen LogP contribution < -0.4 is 10.3 Å². The van der Waals surface area contributed by atoms with E-state index in [2.05, 4.69) is 51.1 Å². The fourth-order valence-corrected chi connectivity index (χ4v) is 5.23. The van der Waals surface area contributed by atoms with Crippen LogP contribution in [0, 0.1) is 0 Å². The summed E-state index contributed by atoms with van der Waals surface area (Å²) in [7, 11) is 1.65. The third-order valence-corrected chi connectivity index (χ3v) is 7.54. The Bertz CT molecular complexity index is 1200. The maximum absolute atomic E-state index is 13.4. The Morgan fingerprint density at radius 1 is 1.24 bits per heavy atom. The first-order valence-electron chi connectivity index (χ1n) is 11.9. The second-order valence-electron chi connectivity index (χ2n) is 9.85. The van der Waals surface area contributed by atoms with Gasteiger partial charge >= 0.3 is 0 Å². The molecule has 2 aromatic heterocycles. The number of hydrogen-bond donors (Lipinski definition) is 1. The summed E-state index contributed by atoms with van der Waals surface area (Å²) in [6, 6.07) is 7.88. The van der Waals surface area contributed by atoms with E-state index in [1.165, 1.54) is 19.4 Å². The highest BCUT2D eigenvalue weighted by atomic mass is 16.5. The van der Waals surface area contributed by atoms with Crippen molar-refractivity contribution < 1.29 is 4.74 Å². The molecule has 2 unspecified atom stereocenters. The Kier molecular flexibility index (Phi) is 5.70. The van der Waals surface area contributed by atoms with Crippen molar-refractivity contribution in [2.24, 2.45) is 0 Å². The van der Waals surface area contributed by atoms with Gasteiger partial charge in [0.1, 0.15) is 11.8 Å². The Hall–Kier alpha value is -2.78. The normalized spacial score (nSPS) is 20.8. The van der Waals surface area contributed by atoms with E-state index in [0.717, 1.165) is 48.5 Å². The first kappa shape index (κ1) is 22.0. The smallest absolute Gasteiger partial charge is 0.253 e. The van der Waals surface area contributed by atoms with Gasteiger partial charge in [0.2, 0.25) is 0 Å². The maximum Gasteiger partial charge on any atom is 0.253 e. The molecule has 2 aliphatic heterocycles. The van der Waals surface area contributed by atoms with E-state index in [9.17, 15) is 4.79 Å². The highest BCUT2D eigenvalue weighted by molar-refractivity contribution is 5.80. The summed E-state index contributed by atoms with van der Waals surface area (Å²) in [5.74, 6) is 1.48. The number of fused-ring (bicyclic) bond motifs is 2. The fourth-order valence-electron chi connectivity index (χ4n) is 5.23. The molecule has 3 aromatic rings. The Labute approximate surface area is 193 Å². The SMILES string of the molecule is CCC(C)(C)n1nnnc1C(c1cc2cc(OC)ccc2[nH]c1=O)N1CCN2CCCC2C1. The molecule has 1 aromatic carbocycles. The minimum absolute atomic E-state index is 0.102. The van der Waals surface area contributed by atoms with Crippen LogP contribution in [-0.4, -0.2) is 74.3 Å². The molecule has 2 atom stereocenters. The predicted octanol–water partition coefficient (Wildman–Crippen LogP) is 2.54. The van der Waals surface area contributed by atoms with Crippen LogP contribution in [0.2, 0.25) is 0 Å². The zero-order chi connectivity index (χ0) is 23.2. The van der Waals surface area contributed by atoms with E-state index in [4.69, 9.17) is 4.74 Å². The van der Waals surface area contributed by atoms with Gasteiger partial charge in [-0.2, -0.15) is 0 Å². The Balaban J connectivity index is 1.66. The molecule has 33 heavy (non-hydrogen) atoms. The molecule has 0 saturated carbocycles. The second kappa shape index (κ2) is 8.53. The minimum Gasteiger partial charge on any atom is -0.497 e. The molecule has 1 N–H and O–H groups in total. The number of ether oxygens (including phenoxy) is 1. The maximum atomic E-state index is 13.4. The quantitative estimate of drug-likeness (QED) is 0.616. The van der Waals surface area contributed by atoms with Gasteiger partial charge in [-0.05, 0) is 74.3 Å². The number of tetrazole rings is 1. The molecule has 0 amide bonds. The van der Waals surface area contributed by atoms with E-state index in [1.807, 2.05) is 28.9 Å². The number of piperazine rings is 1. The van der Waals surface area contributed by atoms with Crippen molar-refractivity contribution in [3.05, 3.63) is 46.0 Å². The lowest BCUT2D eigenvalue weighted by Gasteiger charge is -2.41. The molecule has 0 bridgehead atoms. The lowest BCUT2D eigenvalue weighted by molar-refractivity contribution is 0.0767. The summed E-state index contributed by atoms with van der Waals surface area (Å²) in [6.07, 6.45) is 3.31. The van der Waals surface area contributed by atoms with Crippen LogP contribution in [0.3, 0.4) is 0 Å². The highest BCUT2D eigenvalue weighted by Crippen LogP contribution is 2.34. The zero-order valence-corrected chi connectivity index (χ0v) is 19.9. The molecule has 0 radical (unpaired) electrons. The topological polar surface area (TPSA) is 92.2 Å². The first-order chi connectivity index (χ1) is 15.9. The van der Waals surface area contributed by atoms with Crippen molar-refractivity contribution in [1.82, 2.24) is 35.0 Å². The van der Waals surface area contributed by atoms with Crippen LogP contribution >= 0.6 is 0 Å². The van der Waals surface area contributed by atoms with E-state index in [1.54, 1.807) is 7.11 Å². The number of aromatic nitrogens is 5. The third-order valence-electron chi connectivity index (χ3n) is 7.54. The molecule has 2 fully saturated rings. The molecule has 4 heterocycles. The number of rotatable bonds is 6. The largest absolute Gasteiger partial charge is 0.497 e. The van der Waals surface area contributed by atoms with Crippen LogP contribution in [0.25, 0.3) is 10.9 Å². The molecule has 2 aliphatic rings. The van der Waals surface area contributed by atoms with Crippen LogP contribution in [0.1, 0.15) is 57.5 Å². The van der Waals surface area contributed by atoms with Gasteiger partial charge in [0.25, 0.3) is 5.56 Å². The summed E-state index contributed by atoms with van der Waals surface area (Å²) in [6.45, 7) is 10.3. The lowest BCUT2D eigenvalue weighted by Crippen LogP contribution is -2.52. The van der Waals surface area contributed by atoms with Crippen LogP contribution in [0.15, 0.2) is 29.1 Å². The number of aromatic amines is 1. The summed E-state index contributed by atoms with van der Waals surface area (Å²) in [5, 5.41) is 13.9. The molecule has 9 nitrogen and oxygen atoms in total. The van der Waals surface area contributed by atoms with Crippen LogP contribution in [-0.2, 0) is 5.54 Å². The summed E-state index contributed by atoms with van der Waals surface area (Å²) in [4.78, 5) is 21.5. The average molecular weight is 452 g/mol. The van der Waals surface area contributed by atoms with E-state index in [-0.39, 0.29) is 17.1 Å². The van der Waals surface area contributed by atoms with Gasteiger partial charge < -0.3 is 9.72 Å². The van der Waals surface area contributed by atoms with Crippen LogP contribution in [0.4, 0.5) is 0 Å². The van der Waals surface area contributed by atoms with E-state index >= 15 is 0 Å².